The predicted octanol–water partition coefficient (Wildman–Crippen LogP) is 1.48. The Morgan fingerprint density at radius 1 is 1.41 bits per heavy atom. The van der Waals surface area contributed by atoms with Crippen molar-refractivity contribution >= 4 is 11.6 Å². The smallest absolute Gasteiger partial charge is 0.271 e. The average molecular weight is 238 g/mol. The first-order valence-electron chi connectivity index (χ1n) is 6.17. The molecule has 1 aromatic rings. The Bertz CT molecular complexity index is 393. The van der Waals surface area contributed by atoms with Crippen LogP contribution in [0.2, 0.25) is 0 Å². The average Bonchev–Trinajstić information content (AvgIpc) is 2.60. The van der Waals surface area contributed by atoms with E-state index < -0.39 is 0 Å². The van der Waals surface area contributed by atoms with Crippen molar-refractivity contribution in [2.45, 2.75) is 46.1 Å². The van der Waals surface area contributed by atoms with E-state index in [0.717, 1.165) is 25.0 Å². The molecule has 0 fully saturated rings. The van der Waals surface area contributed by atoms with Gasteiger partial charge in [-0.1, -0.05) is 20.8 Å². The SMILES string of the molecule is CCc1nn(C)c(C(=O)NC(CC)CC)c1N. The maximum absolute atomic E-state index is 12.1. The van der Waals surface area contributed by atoms with Crippen molar-refractivity contribution in [2.75, 3.05) is 5.73 Å². The molecule has 0 aliphatic heterocycles. The van der Waals surface area contributed by atoms with Crippen LogP contribution in [-0.2, 0) is 13.5 Å². The molecule has 0 aliphatic rings. The van der Waals surface area contributed by atoms with Gasteiger partial charge < -0.3 is 11.1 Å². The van der Waals surface area contributed by atoms with E-state index in [2.05, 4.69) is 24.3 Å². The Kier molecular flexibility index (Phi) is 4.54. The zero-order valence-corrected chi connectivity index (χ0v) is 11.1. The van der Waals surface area contributed by atoms with Crippen LogP contribution in [0.1, 0.15) is 49.8 Å². The number of hydrogen-bond donors (Lipinski definition) is 2. The van der Waals surface area contributed by atoms with Gasteiger partial charge in [0.25, 0.3) is 5.91 Å². The second kappa shape index (κ2) is 5.70. The summed E-state index contributed by atoms with van der Waals surface area (Å²) in [6.45, 7) is 6.08. The number of nitrogens with two attached hydrogens (primary N) is 1. The lowest BCUT2D eigenvalue weighted by Gasteiger charge is -2.14. The molecular weight excluding hydrogens is 216 g/mol. The Hall–Kier alpha value is -1.52. The molecule has 0 aromatic carbocycles. The number of aromatic nitrogens is 2. The zero-order chi connectivity index (χ0) is 13.0. The maximum Gasteiger partial charge on any atom is 0.271 e. The van der Waals surface area contributed by atoms with Crippen LogP contribution in [0.3, 0.4) is 0 Å². The van der Waals surface area contributed by atoms with Crippen LogP contribution in [0.15, 0.2) is 0 Å². The number of anilines is 1. The van der Waals surface area contributed by atoms with Gasteiger partial charge in [-0.05, 0) is 19.3 Å². The van der Waals surface area contributed by atoms with Crippen molar-refractivity contribution in [3.05, 3.63) is 11.4 Å². The van der Waals surface area contributed by atoms with Crippen LogP contribution < -0.4 is 11.1 Å². The van der Waals surface area contributed by atoms with Gasteiger partial charge in [-0.2, -0.15) is 5.10 Å². The largest absolute Gasteiger partial charge is 0.395 e. The third-order valence-electron chi connectivity index (χ3n) is 3.03. The summed E-state index contributed by atoms with van der Waals surface area (Å²) < 4.78 is 1.56. The fourth-order valence-corrected chi connectivity index (χ4v) is 1.87. The second-order valence-corrected chi connectivity index (χ2v) is 4.17. The standard InChI is InChI=1S/C12H22N4O/c1-5-8(6-2)14-12(17)11-10(13)9(7-3)15-16(11)4/h8H,5-7,13H2,1-4H3,(H,14,17). The molecule has 0 aliphatic carbocycles. The number of nitrogens with one attached hydrogen (secondary N) is 1. The van der Waals surface area contributed by atoms with Gasteiger partial charge in [0.1, 0.15) is 5.69 Å². The minimum Gasteiger partial charge on any atom is -0.395 e. The van der Waals surface area contributed by atoms with E-state index in [1.807, 2.05) is 6.92 Å². The highest BCUT2D eigenvalue weighted by Crippen LogP contribution is 2.17. The van der Waals surface area contributed by atoms with E-state index in [0.29, 0.717) is 11.4 Å². The van der Waals surface area contributed by atoms with E-state index in [1.165, 1.54) is 0 Å². The highest BCUT2D eigenvalue weighted by atomic mass is 16.2. The van der Waals surface area contributed by atoms with Gasteiger partial charge >= 0.3 is 0 Å². The Morgan fingerprint density at radius 3 is 2.41 bits per heavy atom. The van der Waals surface area contributed by atoms with Crippen molar-refractivity contribution in [3.8, 4) is 0 Å². The number of carbonyl (C=O) groups is 1. The molecule has 0 spiro atoms. The molecule has 1 heterocycles. The highest BCUT2D eigenvalue weighted by Gasteiger charge is 2.20. The molecule has 1 aromatic heterocycles. The number of aryl methyl sites for hydroxylation is 2. The summed E-state index contributed by atoms with van der Waals surface area (Å²) in [6, 6.07) is 0.196. The molecule has 5 heteroatoms. The van der Waals surface area contributed by atoms with Crippen LogP contribution in [0.5, 0.6) is 0 Å². The molecule has 0 saturated carbocycles. The van der Waals surface area contributed by atoms with Crippen LogP contribution in [0.4, 0.5) is 5.69 Å². The van der Waals surface area contributed by atoms with Gasteiger partial charge in [-0.3, -0.25) is 9.48 Å². The van der Waals surface area contributed by atoms with E-state index in [9.17, 15) is 4.79 Å². The van der Waals surface area contributed by atoms with Gasteiger partial charge in [-0.25, -0.2) is 0 Å². The molecular formula is C12H22N4O. The van der Waals surface area contributed by atoms with Crippen molar-refractivity contribution in [1.29, 1.82) is 0 Å². The minimum absolute atomic E-state index is 0.133. The maximum atomic E-state index is 12.1. The van der Waals surface area contributed by atoms with Gasteiger partial charge in [0.15, 0.2) is 0 Å². The van der Waals surface area contributed by atoms with E-state index in [-0.39, 0.29) is 11.9 Å². The van der Waals surface area contributed by atoms with Gasteiger partial charge in [0.05, 0.1) is 11.4 Å². The summed E-state index contributed by atoms with van der Waals surface area (Å²) in [6.07, 6.45) is 2.57. The quantitative estimate of drug-likeness (QED) is 0.816. The molecule has 17 heavy (non-hydrogen) atoms. The van der Waals surface area contributed by atoms with Crippen molar-refractivity contribution in [1.82, 2.24) is 15.1 Å². The van der Waals surface area contributed by atoms with Gasteiger partial charge in [0, 0.05) is 13.1 Å². The Balaban J connectivity index is 2.92. The normalized spacial score (nSPS) is 10.9. The molecule has 0 radical (unpaired) electrons. The van der Waals surface area contributed by atoms with E-state index in [1.54, 1.807) is 11.7 Å². The lowest BCUT2D eigenvalue weighted by Crippen LogP contribution is -2.35. The molecule has 5 nitrogen and oxygen atoms in total. The molecule has 0 atom stereocenters. The minimum atomic E-state index is -0.133. The molecule has 3 N–H and O–H groups in total. The van der Waals surface area contributed by atoms with Crippen LogP contribution >= 0.6 is 0 Å². The monoisotopic (exact) mass is 238 g/mol. The van der Waals surface area contributed by atoms with Crippen LogP contribution in [0.25, 0.3) is 0 Å². The van der Waals surface area contributed by atoms with Gasteiger partial charge in [-0.15, -0.1) is 0 Å². The second-order valence-electron chi connectivity index (χ2n) is 4.17. The third-order valence-corrected chi connectivity index (χ3v) is 3.03. The lowest BCUT2D eigenvalue weighted by molar-refractivity contribution is 0.0926. The Labute approximate surface area is 102 Å². The van der Waals surface area contributed by atoms with Crippen LogP contribution in [-0.4, -0.2) is 21.7 Å². The Morgan fingerprint density at radius 2 is 2.00 bits per heavy atom. The van der Waals surface area contributed by atoms with Gasteiger partial charge in [0.2, 0.25) is 0 Å². The topological polar surface area (TPSA) is 72.9 Å². The first-order chi connectivity index (χ1) is 8.04. The van der Waals surface area contributed by atoms with Crippen molar-refractivity contribution < 1.29 is 4.79 Å². The number of nitrogens with zero attached hydrogens (tertiary/aromatic N) is 2. The molecule has 0 saturated heterocycles. The summed E-state index contributed by atoms with van der Waals surface area (Å²) >= 11 is 0. The fourth-order valence-electron chi connectivity index (χ4n) is 1.87. The summed E-state index contributed by atoms with van der Waals surface area (Å²) in [5.41, 5.74) is 7.67. The van der Waals surface area contributed by atoms with Crippen molar-refractivity contribution in [2.24, 2.45) is 7.05 Å². The first-order valence-corrected chi connectivity index (χ1v) is 6.17. The summed E-state index contributed by atoms with van der Waals surface area (Å²) in [5, 5.41) is 7.21. The summed E-state index contributed by atoms with van der Waals surface area (Å²) in [4.78, 5) is 12.1. The molecule has 0 unspecified atom stereocenters. The fraction of sp³-hybridized carbons (Fsp3) is 0.667. The number of hydrogen-bond acceptors (Lipinski definition) is 3. The lowest BCUT2D eigenvalue weighted by atomic mass is 10.1. The molecule has 1 rings (SSSR count). The molecule has 0 bridgehead atoms. The summed E-state index contributed by atoms with van der Waals surface area (Å²) in [7, 11) is 1.75. The zero-order valence-electron chi connectivity index (χ0n) is 11.1. The number of carbonyl (C=O) groups excluding carboxylic acids is 1. The summed E-state index contributed by atoms with van der Waals surface area (Å²) in [5.74, 6) is -0.133. The number of amides is 1. The molecule has 1 amide bonds. The van der Waals surface area contributed by atoms with Crippen molar-refractivity contribution in [3.63, 3.8) is 0 Å². The number of nitrogen functional groups attached to an aromatic ring is 1. The number of rotatable bonds is 5. The van der Waals surface area contributed by atoms with E-state index >= 15 is 0 Å². The first kappa shape index (κ1) is 13.5. The van der Waals surface area contributed by atoms with Crippen LogP contribution in [0, 0.1) is 0 Å². The predicted molar refractivity (Wildman–Crippen MR) is 68.8 cm³/mol. The highest BCUT2D eigenvalue weighted by molar-refractivity contribution is 5.98. The molecule has 96 valence electrons. The third kappa shape index (κ3) is 2.78. The van der Waals surface area contributed by atoms with E-state index in [4.69, 9.17) is 5.73 Å².